The van der Waals surface area contributed by atoms with E-state index < -0.39 is 5.97 Å². The van der Waals surface area contributed by atoms with Crippen molar-refractivity contribution < 1.29 is 19.7 Å². The molecular weight excluding hydrogens is 284 g/mol. The maximum absolute atomic E-state index is 10.6. The molecule has 2 N–H and O–H groups in total. The van der Waals surface area contributed by atoms with Crippen molar-refractivity contribution in [2.24, 2.45) is 0 Å². The van der Waals surface area contributed by atoms with Crippen LogP contribution in [0.2, 0.25) is 0 Å². The fourth-order valence-electron chi connectivity index (χ4n) is 2.58. The Hall–Kier alpha value is -1.63. The number of piperazine rings is 1. The third-order valence-electron chi connectivity index (χ3n) is 3.77. The maximum Gasteiger partial charge on any atom is 0.304 e. The first-order chi connectivity index (χ1) is 10.7. The minimum absolute atomic E-state index is 0.0164. The van der Waals surface area contributed by atoms with Crippen LogP contribution in [0.1, 0.15) is 12.0 Å². The molecule has 2 rings (SSSR count). The topological polar surface area (TPSA) is 73.2 Å². The summed E-state index contributed by atoms with van der Waals surface area (Å²) in [6.07, 6.45) is 0.213. The van der Waals surface area contributed by atoms with Crippen molar-refractivity contribution >= 4 is 5.97 Å². The zero-order valence-electron chi connectivity index (χ0n) is 12.8. The zero-order valence-corrected chi connectivity index (χ0v) is 12.8. The van der Waals surface area contributed by atoms with Gasteiger partial charge >= 0.3 is 5.97 Å². The number of aliphatic carboxylic acids is 1. The third-order valence-corrected chi connectivity index (χ3v) is 3.77. The molecule has 1 heterocycles. The Labute approximate surface area is 130 Å². The highest BCUT2D eigenvalue weighted by Crippen LogP contribution is 2.16. The molecule has 1 aliphatic heterocycles. The quantitative estimate of drug-likeness (QED) is 0.735. The minimum atomic E-state index is -0.734. The van der Waals surface area contributed by atoms with Gasteiger partial charge in [-0.05, 0) is 17.7 Å². The SMILES string of the molecule is O=C(O)CCN1CCN(Cc2cccc(OCCO)c2)CC1. The summed E-state index contributed by atoms with van der Waals surface area (Å²) in [5.41, 5.74) is 1.19. The summed E-state index contributed by atoms with van der Waals surface area (Å²) in [6.45, 7) is 5.54. The molecule has 0 bridgehead atoms. The van der Waals surface area contributed by atoms with Crippen LogP contribution in [0.25, 0.3) is 0 Å². The third kappa shape index (κ3) is 5.63. The lowest BCUT2D eigenvalue weighted by Gasteiger charge is -2.34. The van der Waals surface area contributed by atoms with Crippen LogP contribution in [-0.4, -0.2) is 71.9 Å². The number of aliphatic hydroxyl groups is 1. The highest BCUT2D eigenvalue weighted by molar-refractivity contribution is 5.66. The van der Waals surface area contributed by atoms with Gasteiger partial charge in [-0.15, -0.1) is 0 Å². The molecule has 0 radical (unpaired) electrons. The van der Waals surface area contributed by atoms with Gasteiger partial charge < -0.3 is 19.8 Å². The molecule has 1 saturated heterocycles. The molecule has 122 valence electrons. The van der Waals surface area contributed by atoms with E-state index in [1.165, 1.54) is 5.56 Å². The van der Waals surface area contributed by atoms with Crippen molar-refractivity contribution in [3.05, 3.63) is 29.8 Å². The van der Waals surface area contributed by atoms with Gasteiger partial charge in [-0.3, -0.25) is 9.69 Å². The van der Waals surface area contributed by atoms with Crippen LogP contribution in [0.5, 0.6) is 5.75 Å². The van der Waals surface area contributed by atoms with Crippen molar-refractivity contribution in [2.45, 2.75) is 13.0 Å². The van der Waals surface area contributed by atoms with Gasteiger partial charge in [0.25, 0.3) is 0 Å². The fraction of sp³-hybridized carbons (Fsp3) is 0.562. The normalized spacial score (nSPS) is 16.6. The second-order valence-electron chi connectivity index (χ2n) is 5.48. The number of nitrogens with zero attached hydrogens (tertiary/aromatic N) is 2. The first kappa shape index (κ1) is 16.7. The summed E-state index contributed by atoms with van der Waals surface area (Å²) in [5.74, 6) is 0.0498. The summed E-state index contributed by atoms with van der Waals surface area (Å²) in [5, 5.41) is 17.5. The summed E-state index contributed by atoms with van der Waals surface area (Å²) in [6, 6.07) is 7.93. The molecular formula is C16H24N2O4. The standard InChI is InChI=1S/C16H24N2O4/c19-10-11-22-15-3-1-2-14(12-15)13-18-8-6-17(7-9-18)5-4-16(20)21/h1-3,12,19H,4-11,13H2,(H,20,21). The first-order valence-electron chi connectivity index (χ1n) is 7.66. The van der Waals surface area contributed by atoms with Crippen molar-refractivity contribution in [3.8, 4) is 5.75 Å². The Morgan fingerprint density at radius 1 is 1.18 bits per heavy atom. The van der Waals surface area contributed by atoms with Crippen LogP contribution in [0.3, 0.4) is 0 Å². The predicted molar refractivity (Wildman–Crippen MR) is 83.0 cm³/mol. The molecule has 6 heteroatoms. The van der Waals surface area contributed by atoms with E-state index in [2.05, 4.69) is 15.9 Å². The van der Waals surface area contributed by atoms with E-state index in [0.717, 1.165) is 38.5 Å². The van der Waals surface area contributed by atoms with Gasteiger partial charge in [0.2, 0.25) is 0 Å². The smallest absolute Gasteiger partial charge is 0.304 e. The van der Waals surface area contributed by atoms with E-state index in [9.17, 15) is 4.79 Å². The maximum atomic E-state index is 10.6. The molecule has 0 amide bonds. The summed E-state index contributed by atoms with van der Waals surface area (Å²) >= 11 is 0. The van der Waals surface area contributed by atoms with Gasteiger partial charge in [0, 0.05) is 39.3 Å². The average Bonchev–Trinajstić information content (AvgIpc) is 2.52. The van der Waals surface area contributed by atoms with Gasteiger partial charge in [-0.1, -0.05) is 12.1 Å². The van der Waals surface area contributed by atoms with Crippen LogP contribution < -0.4 is 4.74 Å². The van der Waals surface area contributed by atoms with Gasteiger partial charge in [0.05, 0.1) is 13.0 Å². The Kier molecular flexibility index (Phi) is 6.64. The van der Waals surface area contributed by atoms with Crippen LogP contribution in [0, 0.1) is 0 Å². The largest absolute Gasteiger partial charge is 0.491 e. The van der Waals surface area contributed by atoms with E-state index in [1.807, 2.05) is 18.2 Å². The van der Waals surface area contributed by atoms with E-state index in [0.29, 0.717) is 13.2 Å². The fourth-order valence-corrected chi connectivity index (χ4v) is 2.58. The number of carboxylic acid groups (broad SMARTS) is 1. The van der Waals surface area contributed by atoms with E-state index in [1.54, 1.807) is 0 Å². The van der Waals surface area contributed by atoms with Gasteiger partial charge in [0.1, 0.15) is 12.4 Å². The first-order valence-corrected chi connectivity index (χ1v) is 7.66. The van der Waals surface area contributed by atoms with Crippen molar-refractivity contribution in [1.82, 2.24) is 9.80 Å². The Bertz CT molecular complexity index is 473. The Balaban J connectivity index is 1.77. The monoisotopic (exact) mass is 308 g/mol. The molecule has 0 spiro atoms. The molecule has 6 nitrogen and oxygen atoms in total. The molecule has 0 atom stereocenters. The molecule has 0 saturated carbocycles. The van der Waals surface area contributed by atoms with Crippen LogP contribution in [0.15, 0.2) is 24.3 Å². The second-order valence-corrected chi connectivity index (χ2v) is 5.48. The van der Waals surface area contributed by atoms with Gasteiger partial charge in [-0.25, -0.2) is 0 Å². The molecule has 1 aromatic rings. The zero-order chi connectivity index (χ0) is 15.8. The lowest BCUT2D eigenvalue weighted by Crippen LogP contribution is -2.46. The van der Waals surface area contributed by atoms with Crippen molar-refractivity contribution in [3.63, 3.8) is 0 Å². The number of aliphatic hydroxyl groups excluding tert-OH is 1. The number of carbonyl (C=O) groups is 1. The number of benzene rings is 1. The molecule has 1 aromatic carbocycles. The molecule has 22 heavy (non-hydrogen) atoms. The van der Waals surface area contributed by atoms with Crippen LogP contribution >= 0.6 is 0 Å². The van der Waals surface area contributed by atoms with E-state index in [4.69, 9.17) is 14.9 Å². The van der Waals surface area contributed by atoms with Gasteiger partial charge in [0.15, 0.2) is 0 Å². The van der Waals surface area contributed by atoms with Gasteiger partial charge in [-0.2, -0.15) is 0 Å². The summed E-state index contributed by atoms with van der Waals surface area (Å²) in [4.78, 5) is 15.2. The summed E-state index contributed by atoms with van der Waals surface area (Å²) < 4.78 is 5.42. The van der Waals surface area contributed by atoms with Crippen LogP contribution in [0.4, 0.5) is 0 Å². The molecule has 1 aliphatic rings. The van der Waals surface area contributed by atoms with Crippen molar-refractivity contribution in [2.75, 3.05) is 45.9 Å². The lowest BCUT2D eigenvalue weighted by atomic mass is 10.2. The minimum Gasteiger partial charge on any atom is -0.491 e. The van der Waals surface area contributed by atoms with Crippen LogP contribution in [-0.2, 0) is 11.3 Å². The number of hydrogen-bond acceptors (Lipinski definition) is 5. The molecule has 1 fully saturated rings. The highest BCUT2D eigenvalue weighted by atomic mass is 16.5. The second kappa shape index (κ2) is 8.73. The average molecular weight is 308 g/mol. The predicted octanol–water partition coefficient (Wildman–Crippen LogP) is 0.650. The molecule has 0 unspecified atom stereocenters. The number of ether oxygens (including phenoxy) is 1. The Morgan fingerprint density at radius 3 is 2.59 bits per heavy atom. The highest BCUT2D eigenvalue weighted by Gasteiger charge is 2.17. The number of rotatable bonds is 8. The molecule has 0 aliphatic carbocycles. The number of hydrogen-bond donors (Lipinski definition) is 2. The number of carboxylic acids is 1. The van der Waals surface area contributed by atoms with E-state index in [-0.39, 0.29) is 13.0 Å². The Morgan fingerprint density at radius 2 is 1.91 bits per heavy atom. The van der Waals surface area contributed by atoms with Crippen molar-refractivity contribution in [1.29, 1.82) is 0 Å². The summed E-state index contributed by atoms with van der Waals surface area (Å²) in [7, 11) is 0. The molecule has 0 aromatic heterocycles. The lowest BCUT2D eigenvalue weighted by molar-refractivity contribution is -0.137. The van der Waals surface area contributed by atoms with E-state index >= 15 is 0 Å².